The summed E-state index contributed by atoms with van der Waals surface area (Å²) in [5, 5.41) is 0.577. The van der Waals surface area contributed by atoms with Crippen molar-refractivity contribution in [1.29, 1.82) is 0 Å². The fourth-order valence-electron chi connectivity index (χ4n) is 1.38. The van der Waals surface area contributed by atoms with E-state index in [9.17, 15) is 4.79 Å². The molecule has 1 aromatic carbocycles. The average molecular weight is 261 g/mol. The van der Waals surface area contributed by atoms with Gasteiger partial charge in [0.05, 0.1) is 12.1 Å². The maximum atomic E-state index is 11.8. The van der Waals surface area contributed by atoms with Crippen LogP contribution in [0.2, 0.25) is 10.0 Å². The largest absolute Gasteiger partial charge is 0.495 e. The molecule has 16 heavy (non-hydrogen) atoms. The zero-order chi connectivity index (χ0) is 12.1. The minimum atomic E-state index is 0.0244. The average Bonchev–Trinajstić information content (AvgIpc) is 2.29. The van der Waals surface area contributed by atoms with E-state index in [1.807, 2.05) is 6.92 Å². The van der Waals surface area contributed by atoms with Gasteiger partial charge in [0.2, 0.25) is 0 Å². The van der Waals surface area contributed by atoms with Crippen molar-refractivity contribution >= 4 is 29.0 Å². The van der Waals surface area contributed by atoms with Gasteiger partial charge in [-0.2, -0.15) is 0 Å². The minimum Gasteiger partial charge on any atom is -0.495 e. The van der Waals surface area contributed by atoms with Crippen LogP contribution in [0, 0.1) is 0 Å². The molecule has 0 aliphatic rings. The second kappa shape index (κ2) is 6.12. The first-order valence-corrected chi connectivity index (χ1v) is 5.92. The summed E-state index contributed by atoms with van der Waals surface area (Å²) in [6.45, 7) is 2.04. The lowest BCUT2D eigenvalue weighted by Gasteiger charge is -2.08. The third-order valence-corrected chi connectivity index (χ3v) is 3.19. The highest BCUT2D eigenvalue weighted by atomic mass is 35.5. The molecular weight excluding hydrogens is 247 g/mol. The molecule has 0 unspecified atom stereocenters. The van der Waals surface area contributed by atoms with E-state index < -0.39 is 0 Å². The third-order valence-electron chi connectivity index (χ3n) is 2.32. The minimum absolute atomic E-state index is 0.0244. The molecule has 0 amide bonds. The maximum absolute atomic E-state index is 11.8. The second-order valence-electron chi connectivity index (χ2n) is 3.47. The first-order valence-electron chi connectivity index (χ1n) is 5.17. The summed E-state index contributed by atoms with van der Waals surface area (Å²) < 4.78 is 5.01. The van der Waals surface area contributed by atoms with E-state index in [0.717, 1.165) is 12.8 Å². The smallest absolute Gasteiger partial charge is 0.164 e. The topological polar surface area (TPSA) is 26.3 Å². The molecule has 4 heteroatoms. The second-order valence-corrected chi connectivity index (χ2v) is 4.23. The first-order chi connectivity index (χ1) is 7.61. The Hall–Kier alpha value is -0.730. The summed E-state index contributed by atoms with van der Waals surface area (Å²) in [5.41, 5.74) is 0.473. The number of benzene rings is 1. The van der Waals surface area contributed by atoms with Crippen LogP contribution in [0.5, 0.6) is 5.75 Å². The quantitative estimate of drug-likeness (QED) is 0.735. The van der Waals surface area contributed by atoms with Crippen molar-refractivity contribution in [2.45, 2.75) is 26.2 Å². The van der Waals surface area contributed by atoms with Gasteiger partial charge in [0.1, 0.15) is 10.8 Å². The molecule has 0 radical (unpaired) electrons. The zero-order valence-electron chi connectivity index (χ0n) is 9.35. The van der Waals surface area contributed by atoms with Crippen LogP contribution in [-0.2, 0) is 0 Å². The van der Waals surface area contributed by atoms with E-state index in [1.54, 1.807) is 12.1 Å². The summed E-state index contributed by atoms with van der Waals surface area (Å²) >= 11 is 12.0. The van der Waals surface area contributed by atoms with Crippen molar-refractivity contribution in [3.05, 3.63) is 27.7 Å². The van der Waals surface area contributed by atoms with Crippen LogP contribution in [0.15, 0.2) is 12.1 Å². The molecule has 2 nitrogen and oxygen atoms in total. The van der Waals surface area contributed by atoms with Gasteiger partial charge in [0.15, 0.2) is 5.78 Å². The van der Waals surface area contributed by atoms with Gasteiger partial charge < -0.3 is 4.74 Å². The molecule has 1 rings (SSSR count). The number of hydrogen-bond acceptors (Lipinski definition) is 2. The van der Waals surface area contributed by atoms with Crippen LogP contribution < -0.4 is 4.74 Å². The SMILES string of the molecule is CCCCC(=O)c1ccc(OC)c(Cl)c1Cl. The van der Waals surface area contributed by atoms with Gasteiger partial charge in [-0.3, -0.25) is 4.79 Å². The Kier molecular flexibility index (Phi) is 5.10. The lowest BCUT2D eigenvalue weighted by atomic mass is 10.1. The number of carbonyl (C=O) groups excluding carboxylic acids is 1. The molecule has 0 fully saturated rings. The fraction of sp³-hybridized carbons (Fsp3) is 0.417. The fourth-order valence-corrected chi connectivity index (χ4v) is 1.88. The molecule has 0 bridgehead atoms. The number of Topliss-reactive ketones (excluding diaryl/α,β-unsaturated/α-hetero) is 1. The highest BCUT2D eigenvalue weighted by molar-refractivity contribution is 6.44. The van der Waals surface area contributed by atoms with Crippen LogP contribution in [0.1, 0.15) is 36.5 Å². The highest BCUT2D eigenvalue weighted by Gasteiger charge is 2.15. The molecule has 0 N–H and O–H groups in total. The molecule has 0 aliphatic heterocycles. The van der Waals surface area contributed by atoms with Crippen molar-refractivity contribution in [3.63, 3.8) is 0 Å². The number of ether oxygens (including phenoxy) is 1. The molecule has 1 aromatic rings. The Morgan fingerprint density at radius 2 is 2.00 bits per heavy atom. The van der Waals surface area contributed by atoms with Crippen LogP contribution in [-0.4, -0.2) is 12.9 Å². The number of unbranched alkanes of at least 4 members (excludes halogenated alkanes) is 1. The van der Waals surface area contributed by atoms with E-state index in [0.29, 0.717) is 22.8 Å². The van der Waals surface area contributed by atoms with Crippen molar-refractivity contribution in [2.75, 3.05) is 7.11 Å². The third kappa shape index (κ3) is 2.89. The Balaban J connectivity index is 2.98. The predicted octanol–water partition coefficient (Wildman–Crippen LogP) is 4.37. The molecule has 0 heterocycles. The molecule has 0 saturated heterocycles. The van der Waals surface area contributed by atoms with Crippen LogP contribution >= 0.6 is 23.2 Å². The van der Waals surface area contributed by atoms with Gasteiger partial charge in [-0.25, -0.2) is 0 Å². The maximum Gasteiger partial charge on any atom is 0.164 e. The number of carbonyl (C=O) groups is 1. The van der Waals surface area contributed by atoms with E-state index in [2.05, 4.69) is 0 Å². The molecule has 0 aromatic heterocycles. The normalized spacial score (nSPS) is 10.2. The Morgan fingerprint density at radius 3 is 2.56 bits per heavy atom. The lowest BCUT2D eigenvalue weighted by Crippen LogP contribution is -2.00. The number of rotatable bonds is 5. The van der Waals surface area contributed by atoms with Gasteiger partial charge in [-0.1, -0.05) is 36.5 Å². The van der Waals surface area contributed by atoms with Gasteiger partial charge >= 0.3 is 0 Å². The van der Waals surface area contributed by atoms with Gasteiger partial charge in [-0.15, -0.1) is 0 Å². The molecule has 0 aliphatic carbocycles. The number of hydrogen-bond donors (Lipinski definition) is 0. The molecule has 0 spiro atoms. The number of methoxy groups -OCH3 is 1. The van der Waals surface area contributed by atoms with E-state index in [-0.39, 0.29) is 10.8 Å². The lowest BCUT2D eigenvalue weighted by molar-refractivity contribution is 0.0980. The Bertz CT molecular complexity index is 389. The summed E-state index contributed by atoms with van der Waals surface area (Å²) in [7, 11) is 1.51. The van der Waals surface area contributed by atoms with Gasteiger partial charge in [-0.05, 0) is 18.6 Å². The van der Waals surface area contributed by atoms with Gasteiger partial charge in [0, 0.05) is 12.0 Å². The molecular formula is C12H14Cl2O2. The van der Waals surface area contributed by atoms with Crippen molar-refractivity contribution < 1.29 is 9.53 Å². The van der Waals surface area contributed by atoms with E-state index in [1.165, 1.54) is 7.11 Å². The van der Waals surface area contributed by atoms with Crippen LogP contribution in [0.3, 0.4) is 0 Å². The highest BCUT2D eigenvalue weighted by Crippen LogP contribution is 2.35. The van der Waals surface area contributed by atoms with Gasteiger partial charge in [0.25, 0.3) is 0 Å². The standard InChI is InChI=1S/C12H14Cl2O2/c1-3-4-5-9(15)8-6-7-10(16-2)12(14)11(8)13/h6-7H,3-5H2,1-2H3. The Labute approximate surface area is 106 Å². The monoisotopic (exact) mass is 260 g/mol. The summed E-state index contributed by atoms with van der Waals surface area (Å²) in [5.74, 6) is 0.509. The molecule has 0 atom stereocenters. The number of ketones is 1. The van der Waals surface area contributed by atoms with Crippen molar-refractivity contribution in [3.8, 4) is 5.75 Å². The molecule has 88 valence electrons. The summed E-state index contributed by atoms with van der Waals surface area (Å²) in [4.78, 5) is 11.8. The molecule has 0 saturated carbocycles. The number of halogens is 2. The first kappa shape index (κ1) is 13.3. The van der Waals surface area contributed by atoms with Crippen LogP contribution in [0.25, 0.3) is 0 Å². The van der Waals surface area contributed by atoms with E-state index in [4.69, 9.17) is 27.9 Å². The van der Waals surface area contributed by atoms with Crippen LogP contribution in [0.4, 0.5) is 0 Å². The van der Waals surface area contributed by atoms with E-state index >= 15 is 0 Å². The summed E-state index contributed by atoms with van der Waals surface area (Å²) in [6.07, 6.45) is 2.34. The zero-order valence-corrected chi connectivity index (χ0v) is 10.9. The Morgan fingerprint density at radius 1 is 1.31 bits per heavy atom. The predicted molar refractivity (Wildman–Crippen MR) is 66.9 cm³/mol. The van der Waals surface area contributed by atoms with Crippen molar-refractivity contribution in [2.24, 2.45) is 0 Å². The summed E-state index contributed by atoms with van der Waals surface area (Å²) in [6, 6.07) is 3.32. The van der Waals surface area contributed by atoms with Crippen molar-refractivity contribution in [1.82, 2.24) is 0 Å².